The largest absolute Gasteiger partial charge is 0.339 e. The van der Waals surface area contributed by atoms with Gasteiger partial charge in [0.15, 0.2) is 0 Å². The van der Waals surface area contributed by atoms with Crippen LogP contribution in [-0.4, -0.2) is 33.2 Å². The van der Waals surface area contributed by atoms with Gasteiger partial charge in [-0.25, -0.2) is 5.06 Å². The molecule has 0 bridgehead atoms. The highest BCUT2D eigenvalue weighted by atomic mass is 16.5. The fraction of sp³-hybridized carbons (Fsp3) is 0.833. The number of hydroxylamine groups is 2. The minimum atomic E-state index is -0.967. The van der Waals surface area contributed by atoms with Gasteiger partial charge in [-0.05, 0) is 25.7 Å². The summed E-state index contributed by atoms with van der Waals surface area (Å²) in [5.41, 5.74) is -1.77. The van der Waals surface area contributed by atoms with E-state index < -0.39 is 11.1 Å². The van der Waals surface area contributed by atoms with Gasteiger partial charge in [-0.3, -0.25) is 14.8 Å². The van der Waals surface area contributed by atoms with Crippen LogP contribution in [-0.2, 0) is 9.59 Å². The molecule has 0 unspecified atom stereocenters. The van der Waals surface area contributed by atoms with E-state index in [1.54, 1.807) is 0 Å². The first kappa shape index (κ1) is 11.0. The standard InChI is InChI=1S/C12H18N2O3/c15-9-12(7-3-4-8-12)14(17)10(16)11(13-9)5-1-2-6-11/h17H,1-8H2,(H,13,15). The maximum atomic E-state index is 12.3. The van der Waals surface area contributed by atoms with Crippen LogP contribution in [0.1, 0.15) is 51.4 Å². The van der Waals surface area contributed by atoms with E-state index in [4.69, 9.17) is 0 Å². The van der Waals surface area contributed by atoms with Crippen LogP contribution in [0.3, 0.4) is 0 Å². The molecule has 0 aromatic carbocycles. The molecule has 3 fully saturated rings. The number of amides is 2. The van der Waals surface area contributed by atoms with Crippen LogP contribution in [0.5, 0.6) is 0 Å². The Morgan fingerprint density at radius 2 is 1.53 bits per heavy atom. The van der Waals surface area contributed by atoms with Crippen LogP contribution < -0.4 is 5.32 Å². The van der Waals surface area contributed by atoms with E-state index in [2.05, 4.69) is 5.32 Å². The van der Waals surface area contributed by atoms with Crippen LogP contribution in [0, 0.1) is 0 Å². The molecule has 0 aromatic heterocycles. The van der Waals surface area contributed by atoms with Gasteiger partial charge in [0.25, 0.3) is 5.91 Å². The van der Waals surface area contributed by atoms with E-state index in [0.29, 0.717) is 25.7 Å². The van der Waals surface area contributed by atoms with Gasteiger partial charge >= 0.3 is 0 Å². The molecule has 5 heteroatoms. The van der Waals surface area contributed by atoms with E-state index >= 15 is 0 Å². The molecule has 0 radical (unpaired) electrons. The van der Waals surface area contributed by atoms with E-state index in [1.165, 1.54) is 0 Å². The number of nitrogens with one attached hydrogen (secondary N) is 1. The fourth-order valence-electron chi connectivity index (χ4n) is 3.60. The van der Waals surface area contributed by atoms with Crippen molar-refractivity contribution in [2.24, 2.45) is 0 Å². The van der Waals surface area contributed by atoms with E-state index in [-0.39, 0.29) is 11.8 Å². The highest BCUT2D eigenvalue weighted by molar-refractivity contribution is 6.02. The van der Waals surface area contributed by atoms with Crippen molar-refractivity contribution in [3.8, 4) is 0 Å². The van der Waals surface area contributed by atoms with Crippen molar-refractivity contribution in [1.29, 1.82) is 0 Å². The summed E-state index contributed by atoms with van der Waals surface area (Å²) >= 11 is 0. The topological polar surface area (TPSA) is 69.6 Å². The number of hydrogen-bond acceptors (Lipinski definition) is 3. The predicted molar refractivity (Wildman–Crippen MR) is 59.2 cm³/mol. The van der Waals surface area contributed by atoms with Crippen molar-refractivity contribution >= 4 is 11.8 Å². The number of nitrogens with zero attached hydrogens (tertiary/aromatic N) is 1. The summed E-state index contributed by atoms with van der Waals surface area (Å²) in [5.74, 6) is -0.449. The molecule has 1 aliphatic heterocycles. The minimum Gasteiger partial charge on any atom is -0.339 e. The Balaban J connectivity index is 1.95. The number of hydrogen-bond donors (Lipinski definition) is 2. The van der Waals surface area contributed by atoms with Crippen LogP contribution in [0.4, 0.5) is 0 Å². The van der Waals surface area contributed by atoms with Crippen molar-refractivity contribution in [3.05, 3.63) is 0 Å². The molecular formula is C12H18N2O3. The zero-order chi connectivity index (χ0) is 12.1. The summed E-state index contributed by atoms with van der Waals surface area (Å²) in [6.07, 6.45) is 6.14. The van der Waals surface area contributed by atoms with Crippen LogP contribution in [0.25, 0.3) is 0 Å². The molecule has 0 atom stereocenters. The average molecular weight is 238 g/mol. The lowest BCUT2D eigenvalue weighted by molar-refractivity contribution is -0.213. The molecule has 1 saturated heterocycles. The van der Waals surface area contributed by atoms with E-state index in [9.17, 15) is 14.8 Å². The maximum Gasteiger partial charge on any atom is 0.272 e. The Hall–Kier alpha value is -1.10. The zero-order valence-electron chi connectivity index (χ0n) is 9.87. The molecule has 2 aliphatic carbocycles. The molecule has 2 spiro atoms. The van der Waals surface area contributed by atoms with Gasteiger partial charge in [0, 0.05) is 0 Å². The second kappa shape index (κ2) is 3.45. The molecule has 3 rings (SSSR count). The predicted octanol–water partition coefficient (Wildman–Crippen LogP) is 0.960. The van der Waals surface area contributed by atoms with E-state index in [0.717, 1.165) is 30.7 Å². The third-order valence-corrected chi connectivity index (χ3v) is 4.67. The smallest absolute Gasteiger partial charge is 0.272 e. The van der Waals surface area contributed by atoms with Crippen molar-refractivity contribution < 1.29 is 14.8 Å². The molecule has 2 amide bonds. The van der Waals surface area contributed by atoms with Gasteiger partial charge in [0.1, 0.15) is 11.1 Å². The summed E-state index contributed by atoms with van der Waals surface area (Å²) < 4.78 is 0. The highest BCUT2D eigenvalue weighted by Gasteiger charge is 2.60. The van der Waals surface area contributed by atoms with Crippen LogP contribution in [0.15, 0.2) is 0 Å². The Morgan fingerprint density at radius 3 is 2.12 bits per heavy atom. The van der Waals surface area contributed by atoms with Crippen molar-refractivity contribution in [2.75, 3.05) is 0 Å². The molecule has 94 valence electrons. The van der Waals surface area contributed by atoms with Crippen LogP contribution >= 0.6 is 0 Å². The lowest BCUT2D eigenvalue weighted by atomic mass is 9.85. The Morgan fingerprint density at radius 1 is 1.00 bits per heavy atom. The normalized spacial score (nSPS) is 30.3. The summed E-state index contributed by atoms with van der Waals surface area (Å²) in [4.78, 5) is 24.6. The third-order valence-electron chi connectivity index (χ3n) is 4.67. The molecule has 2 saturated carbocycles. The lowest BCUT2D eigenvalue weighted by Gasteiger charge is -2.46. The number of carbonyl (C=O) groups excluding carboxylic acids is 2. The molecular weight excluding hydrogens is 220 g/mol. The van der Waals surface area contributed by atoms with Crippen molar-refractivity contribution in [2.45, 2.75) is 62.4 Å². The first-order chi connectivity index (χ1) is 8.11. The summed E-state index contributed by atoms with van der Waals surface area (Å²) in [6.45, 7) is 0. The average Bonchev–Trinajstić information content (AvgIpc) is 2.95. The summed E-state index contributed by atoms with van der Waals surface area (Å²) in [7, 11) is 0. The molecule has 3 aliphatic rings. The van der Waals surface area contributed by atoms with Crippen LogP contribution in [0.2, 0.25) is 0 Å². The number of rotatable bonds is 0. The van der Waals surface area contributed by atoms with Gasteiger partial charge in [-0.1, -0.05) is 25.7 Å². The first-order valence-corrected chi connectivity index (χ1v) is 6.47. The van der Waals surface area contributed by atoms with E-state index in [1.807, 2.05) is 0 Å². The summed E-state index contributed by atoms with van der Waals surface area (Å²) in [6, 6.07) is 0. The number of carbonyl (C=O) groups is 2. The second-order valence-electron chi connectivity index (χ2n) is 5.60. The highest BCUT2D eigenvalue weighted by Crippen LogP contribution is 2.42. The molecule has 17 heavy (non-hydrogen) atoms. The van der Waals surface area contributed by atoms with Gasteiger partial charge in [0.05, 0.1) is 0 Å². The fourth-order valence-corrected chi connectivity index (χ4v) is 3.60. The Kier molecular flexibility index (Phi) is 2.23. The maximum absolute atomic E-state index is 12.3. The monoisotopic (exact) mass is 238 g/mol. The molecule has 1 heterocycles. The van der Waals surface area contributed by atoms with Gasteiger partial charge in [-0.15, -0.1) is 0 Å². The van der Waals surface area contributed by atoms with Crippen molar-refractivity contribution in [1.82, 2.24) is 10.4 Å². The zero-order valence-corrected chi connectivity index (χ0v) is 9.87. The second-order valence-corrected chi connectivity index (χ2v) is 5.60. The van der Waals surface area contributed by atoms with Gasteiger partial charge in [-0.2, -0.15) is 0 Å². The van der Waals surface area contributed by atoms with Gasteiger partial charge in [0.2, 0.25) is 5.91 Å². The van der Waals surface area contributed by atoms with Gasteiger partial charge < -0.3 is 5.32 Å². The molecule has 0 aromatic rings. The summed E-state index contributed by atoms with van der Waals surface area (Å²) in [5, 5.41) is 13.8. The van der Waals surface area contributed by atoms with Crippen molar-refractivity contribution in [3.63, 3.8) is 0 Å². The minimum absolute atomic E-state index is 0.154. The molecule has 5 nitrogen and oxygen atoms in total. The Labute approximate surface area is 100 Å². The Bertz CT molecular complexity index is 368. The first-order valence-electron chi connectivity index (χ1n) is 6.47. The quantitative estimate of drug-likeness (QED) is 0.617. The lowest BCUT2D eigenvalue weighted by Crippen LogP contribution is -2.73. The third kappa shape index (κ3) is 1.29. The number of piperazine rings is 1. The SMILES string of the molecule is O=C1N(O)C2(CCCC2)C(=O)NC12CCCC2. The molecule has 2 N–H and O–H groups in total.